The predicted molar refractivity (Wildman–Crippen MR) is 120 cm³/mol. The van der Waals surface area contributed by atoms with E-state index in [1.165, 1.54) is 24.9 Å². The molecule has 3 aliphatic rings. The molecule has 1 aromatic carbocycles. The second kappa shape index (κ2) is 8.37. The van der Waals surface area contributed by atoms with E-state index in [-0.39, 0.29) is 6.10 Å². The summed E-state index contributed by atoms with van der Waals surface area (Å²) in [5, 5.41) is 11.3. The first-order valence-corrected chi connectivity index (χ1v) is 11.7. The van der Waals surface area contributed by atoms with Crippen LogP contribution < -0.4 is 4.90 Å². The average Bonchev–Trinajstić information content (AvgIpc) is 3.02. The number of halogens is 1. The Kier molecular flexibility index (Phi) is 6.19. The summed E-state index contributed by atoms with van der Waals surface area (Å²) in [4.78, 5) is 4.74. The number of rotatable bonds is 7. The van der Waals surface area contributed by atoms with Crippen molar-refractivity contribution in [1.29, 1.82) is 0 Å². The third kappa shape index (κ3) is 4.19. The second-order valence-electron chi connectivity index (χ2n) is 10.2. The zero-order valence-electron chi connectivity index (χ0n) is 18.2. The number of piperazine rings is 1. The lowest BCUT2D eigenvalue weighted by molar-refractivity contribution is -0.0564. The van der Waals surface area contributed by atoms with E-state index >= 15 is 0 Å². The molecule has 4 atom stereocenters. The second-order valence-corrected chi connectivity index (χ2v) is 10.6. The molecule has 0 radical (unpaired) electrons. The normalized spacial score (nSPS) is 32.7. The van der Waals surface area contributed by atoms with Crippen molar-refractivity contribution in [3.63, 3.8) is 0 Å². The highest BCUT2D eigenvalue weighted by Crippen LogP contribution is 2.66. The van der Waals surface area contributed by atoms with Crippen molar-refractivity contribution in [2.24, 2.45) is 16.7 Å². The Balaban J connectivity index is 1.17. The summed E-state index contributed by atoms with van der Waals surface area (Å²) in [6, 6.07) is 8.06. The van der Waals surface area contributed by atoms with Gasteiger partial charge in [-0.15, -0.1) is 0 Å². The number of benzene rings is 1. The van der Waals surface area contributed by atoms with Crippen molar-refractivity contribution in [2.45, 2.75) is 58.7 Å². The van der Waals surface area contributed by atoms with Crippen molar-refractivity contribution in [3.05, 3.63) is 29.3 Å². The Morgan fingerprint density at radius 2 is 1.97 bits per heavy atom. The summed E-state index contributed by atoms with van der Waals surface area (Å²) >= 11 is 6.12. The van der Waals surface area contributed by atoms with Crippen LogP contribution in [-0.4, -0.2) is 61.5 Å². The van der Waals surface area contributed by atoms with E-state index in [1.807, 2.05) is 18.2 Å². The maximum Gasteiger partial charge on any atom is 0.0689 e. The lowest BCUT2D eigenvalue weighted by Crippen LogP contribution is -2.48. The molecule has 2 saturated carbocycles. The van der Waals surface area contributed by atoms with Crippen molar-refractivity contribution in [1.82, 2.24) is 4.90 Å². The fraction of sp³-hybridized carbons (Fsp3) is 0.750. The predicted octanol–water partition coefficient (Wildman–Crippen LogP) is 4.44. The van der Waals surface area contributed by atoms with Gasteiger partial charge >= 0.3 is 0 Å². The Morgan fingerprint density at radius 1 is 1.21 bits per heavy atom. The number of aliphatic hydroxyl groups is 1. The molecule has 1 saturated heterocycles. The number of β-amino-alcohol motifs (C(OH)–C–C–N with tert-alkyl or cyclic N) is 1. The lowest BCUT2D eigenvalue weighted by Gasteiger charge is -2.39. The Bertz CT molecular complexity index is 704. The average molecular weight is 421 g/mol. The van der Waals surface area contributed by atoms with Gasteiger partial charge in [0.05, 0.1) is 12.2 Å². The molecule has 0 unspecified atom stereocenters. The van der Waals surface area contributed by atoms with Crippen LogP contribution in [-0.2, 0) is 4.74 Å². The molecule has 1 heterocycles. The quantitative estimate of drug-likeness (QED) is 0.707. The van der Waals surface area contributed by atoms with Gasteiger partial charge in [-0.2, -0.15) is 0 Å². The third-order valence-electron chi connectivity index (χ3n) is 8.50. The maximum atomic E-state index is 10.5. The van der Waals surface area contributed by atoms with E-state index in [1.54, 1.807) is 0 Å². The monoisotopic (exact) mass is 420 g/mol. The fourth-order valence-corrected chi connectivity index (χ4v) is 6.16. The van der Waals surface area contributed by atoms with Crippen LogP contribution in [0.15, 0.2) is 24.3 Å². The topological polar surface area (TPSA) is 35.9 Å². The largest absolute Gasteiger partial charge is 0.392 e. The number of nitrogens with zero attached hydrogens (tertiary/aromatic N) is 2. The van der Waals surface area contributed by atoms with Crippen molar-refractivity contribution < 1.29 is 9.84 Å². The highest BCUT2D eigenvalue weighted by atomic mass is 35.5. The van der Waals surface area contributed by atoms with E-state index in [2.05, 4.69) is 36.6 Å². The maximum absolute atomic E-state index is 10.5. The molecule has 0 amide bonds. The van der Waals surface area contributed by atoms with E-state index in [0.29, 0.717) is 23.5 Å². The number of ether oxygens (including phenoxy) is 1. The Hall–Kier alpha value is -0.810. The van der Waals surface area contributed by atoms with Gasteiger partial charge in [-0.1, -0.05) is 38.4 Å². The molecule has 1 aromatic rings. The molecule has 4 rings (SSSR count). The van der Waals surface area contributed by atoms with Gasteiger partial charge < -0.3 is 14.7 Å². The van der Waals surface area contributed by atoms with E-state index in [4.69, 9.17) is 16.3 Å². The summed E-state index contributed by atoms with van der Waals surface area (Å²) < 4.78 is 6.32. The summed E-state index contributed by atoms with van der Waals surface area (Å²) in [6.07, 6.45) is 4.62. The van der Waals surface area contributed by atoms with Crippen LogP contribution in [0.1, 0.15) is 46.5 Å². The van der Waals surface area contributed by atoms with E-state index < -0.39 is 0 Å². The zero-order valence-corrected chi connectivity index (χ0v) is 19.0. The third-order valence-corrected chi connectivity index (χ3v) is 8.73. The minimum Gasteiger partial charge on any atom is -0.392 e. The van der Waals surface area contributed by atoms with Crippen LogP contribution in [0.2, 0.25) is 5.02 Å². The Labute approximate surface area is 181 Å². The van der Waals surface area contributed by atoms with Crippen LogP contribution >= 0.6 is 11.6 Å². The van der Waals surface area contributed by atoms with Crippen molar-refractivity contribution >= 4 is 17.3 Å². The van der Waals surface area contributed by atoms with Crippen molar-refractivity contribution in [2.75, 3.05) is 44.2 Å². The summed E-state index contributed by atoms with van der Waals surface area (Å²) in [5.41, 5.74) is 1.88. The van der Waals surface area contributed by atoms with Gasteiger partial charge in [-0.3, -0.25) is 4.90 Å². The Morgan fingerprint density at radius 3 is 2.59 bits per heavy atom. The number of aliphatic hydroxyl groups excluding tert-OH is 1. The summed E-state index contributed by atoms with van der Waals surface area (Å²) in [5.74, 6) is 0.804. The van der Waals surface area contributed by atoms with Crippen molar-refractivity contribution in [3.8, 4) is 0 Å². The van der Waals surface area contributed by atoms with Crippen LogP contribution in [0.4, 0.5) is 5.69 Å². The first-order chi connectivity index (χ1) is 13.8. The molecule has 162 valence electrons. The smallest absolute Gasteiger partial charge is 0.0689 e. The fourth-order valence-electron chi connectivity index (χ4n) is 5.98. The molecular weight excluding hydrogens is 384 g/mol. The zero-order chi connectivity index (χ0) is 20.6. The molecule has 3 fully saturated rings. The molecule has 0 spiro atoms. The lowest BCUT2D eigenvalue weighted by atomic mass is 9.70. The van der Waals surface area contributed by atoms with Gasteiger partial charge in [0.25, 0.3) is 0 Å². The number of fused-ring (bicyclic) bond motifs is 2. The molecule has 0 aromatic heterocycles. The van der Waals surface area contributed by atoms with Gasteiger partial charge in [0.15, 0.2) is 0 Å². The summed E-state index contributed by atoms with van der Waals surface area (Å²) in [7, 11) is 0. The first-order valence-electron chi connectivity index (χ1n) is 11.3. The molecule has 2 bridgehead atoms. The molecular formula is C24H37ClN2O2. The highest BCUT2D eigenvalue weighted by molar-refractivity contribution is 6.30. The van der Waals surface area contributed by atoms with E-state index in [9.17, 15) is 5.11 Å². The van der Waals surface area contributed by atoms with Crippen LogP contribution in [0.5, 0.6) is 0 Å². The molecule has 29 heavy (non-hydrogen) atoms. The molecule has 1 N–H and O–H groups in total. The van der Waals surface area contributed by atoms with Gasteiger partial charge in [0.1, 0.15) is 0 Å². The highest BCUT2D eigenvalue weighted by Gasteiger charge is 2.61. The minimum atomic E-state index is -0.313. The molecule has 1 aliphatic heterocycles. The van der Waals surface area contributed by atoms with Crippen LogP contribution in [0, 0.1) is 16.7 Å². The first kappa shape index (κ1) is 21.4. The van der Waals surface area contributed by atoms with Gasteiger partial charge in [-0.05, 0) is 60.6 Å². The SMILES string of the molecule is CC1(C)[C@H]2CC[C@@]1(C)[C@H](OCC[C@H](O)CN1CCN(c3cccc(Cl)c3)CC1)C2. The molecule has 4 nitrogen and oxygen atoms in total. The van der Waals surface area contributed by atoms with Gasteiger partial charge in [0, 0.05) is 50.0 Å². The summed E-state index contributed by atoms with van der Waals surface area (Å²) in [6.45, 7) is 12.6. The number of hydrogen-bond acceptors (Lipinski definition) is 4. The van der Waals surface area contributed by atoms with Gasteiger partial charge in [-0.25, -0.2) is 0 Å². The minimum absolute atomic E-state index is 0.305. The number of hydrogen-bond donors (Lipinski definition) is 1. The number of anilines is 1. The van der Waals surface area contributed by atoms with Crippen LogP contribution in [0.3, 0.4) is 0 Å². The van der Waals surface area contributed by atoms with E-state index in [0.717, 1.165) is 50.1 Å². The standard InChI is InChI=1S/C24H37ClN2O2/c1-23(2)18-7-9-24(23,3)22(15-18)29-14-8-21(28)17-26-10-12-27(13-11-26)20-6-4-5-19(25)16-20/h4-6,16,18,21-22,28H,7-15,17H2,1-3H3/t18-,21-,22+,24-/m0/s1. The van der Waals surface area contributed by atoms with Crippen LogP contribution in [0.25, 0.3) is 0 Å². The molecule has 2 aliphatic carbocycles. The van der Waals surface area contributed by atoms with Gasteiger partial charge in [0.2, 0.25) is 0 Å². The molecule has 5 heteroatoms.